The molecule has 2 N–H and O–H groups in total. The third-order valence-electron chi connectivity index (χ3n) is 5.14. The second kappa shape index (κ2) is 11.0. The lowest BCUT2D eigenvalue weighted by atomic mass is 10.2. The van der Waals surface area contributed by atoms with E-state index in [2.05, 4.69) is 35.9 Å². The lowest BCUT2D eigenvalue weighted by molar-refractivity contribution is 0.102. The van der Waals surface area contributed by atoms with E-state index in [1.54, 1.807) is 0 Å². The fourth-order valence-corrected chi connectivity index (χ4v) is 3.26. The molecule has 0 fully saturated rings. The van der Waals surface area contributed by atoms with Gasteiger partial charge in [0.25, 0.3) is 12.3 Å². The molecular formula is C23H18F4N8O3. The van der Waals surface area contributed by atoms with Gasteiger partial charge in [0.15, 0.2) is 11.5 Å². The Kier molecular flexibility index (Phi) is 7.55. The number of pyridine rings is 3. The van der Waals surface area contributed by atoms with Crippen LogP contribution in [0.25, 0.3) is 11.4 Å². The van der Waals surface area contributed by atoms with Gasteiger partial charge in [0.2, 0.25) is 5.95 Å². The summed E-state index contributed by atoms with van der Waals surface area (Å²) in [6.45, 7) is 1.34. The van der Waals surface area contributed by atoms with Crippen molar-refractivity contribution >= 4 is 23.5 Å². The summed E-state index contributed by atoms with van der Waals surface area (Å²) < 4.78 is 59.4. The van der Waals surface area contributed by atoms with Gasteiger partial charge < -0.3 is 10.1 Å². The highest BCUT2D eigenvalue weighted by molar-refractivity contribution is 6.04. The number of aromatic nitrogens is 6. The van der Waals surface area contributed by atoms with Gasteiger partial charge in [0.1, 0.15) is 11.9 Å². The van der Waals surface area contributed by atoms with E-state index < -0.39 is 36.3 Å². The number of nitrogens with zero attached hydrogens (tertiary/aromatic N) is 6. The predicted molar refractivity (Wildman–Crippen MR) is 124 cm³/mol. The molecular weight excluding hydrogens is 512 g/mol. The van der Waals surface area contributed by atoms with Gasteiger partial charge in [-0.05, 0) is 31.2 Å². The van der Waals surface area contributed by atoms with Gasteiger partial charge in [0, 0.05) is 25.0 Å². The van der Waals surface area contributed by atoms with Gasteiger partial charge in [-0.1, -0.05) is 5.21 Å². The summed E-state index contributed by atoms with van der Waals surface area (Å²) in [6.07, 6.45) is -0.832. The maximum absolute atomic E-state index is 13.9. The molecule has 15 heteroatoms. The summed E-state index contributed by atoms with van der Waals surface area (Å²) in [4.78, 5) is 35.9. The van der Waals surface area contributed by atoms with Crippen molar-refractivity contribution in [3.63, 3.8) is 0 Å². The molecule has 0 aliphatic heterocycles. The quantitative estimate of drug-likeness (QED) is 0.264. The van der Waals surface area contributed by atoms with E-state index in [9.17, 15) is 27.2 Å². The minimum absolute atomic E-state index is 0.0612. The minimum Gasteiger partial charge on any atom is -0.441 e. The first-order chi connectivity index (χ1) is 18.1. The third kappa shape index (κ3) is 5.88. The number of carbonyl (C=O) groups excluding carboxylic acids is 2. The lowest BCUT2D eigenvalue weighted by Crippen LogP contribution is -2.19. The first kappa shape index (κ1) is 26.1. The Hall–Kier alpha value is -4.95. The maximum Gasteiger partial charge on any atom is 0.413 e. The number of alkyl halides is 2. The van der Waals surface area contributed by atoms with Gasteiger partial charge in [-0.25, -0.2) is 27.6 Å². The average molecular weight is 530 g/mol. The van der Waals surface area contributed by atoms with Crippen LogP contribution in [0.15, 0.2) is 49.1 Å². The molecule has 0 radical (unpaired) electrons. The molecule has 0 aliphatic carbocycles. The van der Waals surface area contributed by atoms with Crippen LogP contribution < -0.4 is 10.6 Å². The van der Waals surface area contributed by atoms with E-state index in [1.165, 1.54) is 37.0 Å². The molecule has 4 aromatic rings. The third-order valence-corrected chi connectivity index (χ3v) is 5.14. The monoisotopic (exact) mass is 530 g/mol. The highest BCUT2D eigenvalue weighted by Gasteiger charge is 2.21. The van der Waals surface area contributed by atoms with Crippen molar-refractivity contribution in [3.05, 3.63) is 77.5 Å². The van der Waals surface area contributed by atoms with Crippen molar-refractivity contribution < 1.29 is 31.9 Å². The van der Waals surface area contributed by atoms with Crippen molar-refractivity contribution in [1.29, 1.82) is 0 Å². The molecule has 0 aliphatic rings. The van der Waals surface area contributed by atoms with Gasteiger partial charge in [-0.3, -0.25) is 20.1 Å². The number of rotatable bonds is 7. The van der Waals surface area contributed by atoms with Gasteiger partial charge >= 0.3 is 6.09 Å². The fraction of sp³-hybridized carbons (Fsp3) is 0.174. The Labute approximate surface area is 211 Å². The predicted octanol–water partition coefficient (Wildman–Crippen LogP) is 4.44. The van der Waals surface area contributed by atoms with Crippen molar-refractivity contribution in [2.24, 2.45) is 7.05 Å². The van der Waals surface area contributed by atoms with Gasteiger partial charge in [-0.2, -0.15) is 4.39 Å². The zero-order chi connectivity index (χ0) is 27.4. The lowest BCUT2D eigenvalue weighted by Gasteiger charge is -2.15. The Morgan fingerprint density at radius 3 is 2.53 bits per heavy atom. The summed E-state index contributed by atoms with van der Waals surface area (Å²) in [5.74, 6) is -2.36. The van der Waals surface area contributed by atoms with Crippen LogP contribution in [0.5, 0.6) is 0 Å². The highest BCUT2D eigenvalue weighted by Crippen LogP contribution is 2.26. The van der Waals surface area contributed by atoms with Crippen LogP contribution in [0, 0.1) is 11.8 Å². The Balaban J connectivity index is 1.45. The number of hydrogen-bond acceptors (Lipinski definition) is 8. The number of halogens is 4. The largest absolute Gasteiger partial charge is 0.441 e. The molecule has 4 aromatic heterocycles. The Bertz CT molecular complexity index is 1480. The van der Waals surface area contributed by atoms with E-state index in [1.807, 2.05) is 0 Å². The molecule has 0 aromatic carbocycles. The number of nitrogens with one attached hydrogen (secondary N) is 2. The summed E-state index contributed by atoms with van der Waals surface area (Å²) in [6, 6.07) is 4.85. The molecule has 0 saturated heterocycles. The van der Waals surface area contributed by atoms with Gasteiger partial charge in [-0.15, -0.1) is 5.10 Å². The number of carbonyl (C=O) groups is 2. The van der Waals surface area contributed by atoms with E-state index in [4.69, 9.17) is 4.74 Å². The zero-order valence-corrected chi connectivity index (χ0v) is 19.7. The van der Waals surface area contributed by atoms with Crippen LogP contribution in [0.2, 0.25) is 0 Å². The van der Waals surface area contributed by atoms with E-state index in [-0.39, 0.29) is 39.6 Å². The fourth-order valence-electron chi connectivity index (χ4n) is 3.26. The highest BCUT2D eigenvalue weighted by atomic mass is 19.3. The summed E-state index contributed by atoms with van der Waals surface area (Å²) in [5, 5.41) is 12.8. The van der Waals surface area contributed by atoms with Crippen LogP contribution in [0.4, 0.5) is 33.9 Å². The number of anilines is 2. The van der Waals surface area contributed by atoms with Crippen LogP contribution in [-0.2, 0) is 11.8 Å². The van der Waals surface area contributed by atoms with E-state index in [0.717, 1.165) is 24.5 Å². The molecule has 4 rings (SSSR count). The topological polar surface area (TPSA) is 137 Å². The molecule has 0 spiro atoms. The standard InChI is InChI=1S/C23H18F4N8O3/c1-11(16-6-14(24)9-30-20(16)27)38-23(37)32-21-18(33-34-35(21)2)17-4-3-15(10-29-17)31-22(36)13-5-12(19(25)26)7-28-8-13/h3-11,19H,1-2H3,(H,31,36)(H,32,37)/t11-/m1/s1. The number of amides is 2. The Morgan fingerprint density at radius 2 is 1.82 bits per heavy atom. The van der Waals surface area contributed by atoms with Crippen LogP contribution in [0.3, 0.4) is 0 Å². The normalized spacial score (nSPS) is 11.8. The number of ether oxygens (including phenoxy) is 1. The average Bonchev–Trinajstić information content (AvgIpc) is 3.25. The van der Waals surface area contributed by atoms with Crippen molar-refractivity contribution in [2.45, 2.75) is 19.5 Å². The van der Waals surface area contributed by atoms with E-state index in [0.29, 0.717) is 6.20 Å². The molecule has 196 valence electrons. The van der Waals surface area contributed by atoms with Crippen molar-refractivity contribution in [2.75, 3.05) is 10.6 Å². The molecule has 0 unspecified atom stereocenters. The summed E-state index contributed by atoms with van der Waals surface area (Å²) in [7, 11) is 1.49. The number of aryl methyl sites for hydroxylation is 1. The molecule has 2 amide bonds. The van der Waals surface area contributed by atoms with Gasteiger partial charge in [0.05, 0.1) is 34.9 Å². The number of hydrogen-bond donors (Lipinski definition) is 2. The smallest absolute Gasteiger partial charge is 0.413 e. The molecule has 1 atom stereocenters. The second-order valence-electron chi connectivity index (χ2n) is 7.81. The summed E-state index contributed by atoms with van der Waals surface area (Å²) in [5.41, 5.74) is -0.0601. The zero-order valence-electron chi connectivity index (χ0n) is 19.7. The molecule has 11 nitrogen and oxygen atoms in total. The van der Waals surface area contributed by atoms with Crippen LogP contribution in [0.1, 0.15) is 40.9 Å². The SMILES string of the molecule is C[C@@H](OC(=O)Nc1c(-c2ccc(NC(=O)c3cncc(C(F)F)c3)cn2)nnn1C)c1cc(F)cnc1F. The van der Waals surface area contributed by atoms with Crippen molar-refractivity contribution in [1.82, 2.24) is 29.9 Å². The molecule has 0 saturated carbocycles. The van der Waals surface area contributed by atoms with Crippen LogP contribution in [-0.4, -0.2) is 41.9 Å². The summed E-state index contributed by atoms with van der Waals surface area (Å²) >= 11 is 0. The molecule has 0 bridgehead atoms. The first-order valence-corrected chi connectivity index (χ1v) is 10.8. The van der Waals surface area contributed by atoms with Crippen LogP contribution >= 0.6 is 0 Å². The molecule has 38 heavy (non-hydrogen) atoms. The maximum atomic E-state index is 13.9. The Morgan fingerprint density at radius 1 is 1.03 bits per heavy atom. The second-order valence-corrected chi connectivity index (χ2v) is 7.81. The first-order valence-electron chi connectivity index (χ1n) is 10.8. The van der Waals surface area contributed by atoms with Crippen molar-refractivity contribution in [3.8, 4) is 11.4 Å². The minimum atomic E-state index is -2.77. The van der Waals surface area contributed by atoms with E-state index >= 15 is 0 Å². The molecule has 4 heterocycles.